The lowest BCUT2D eigenvalue weighted by atomic mass is 10.3. The maximum absolute atomic E-state index is 12.0. The highest BCUT2D eigenvalue weighted by atomic mass is 35.5. The molecular weight excluding hydrogens is 285 g/mol. The van der Waals surface area contributed by atoms with Gasteiger partial charge in [0.05, 0.1) is 21.5 Å². The SMILES string of the molecule is O=S(=O)(NC1CCOC1)c1ccc(Cl)c(Cl)c1. The lowest BCUT2D eigenvalue weighted by Gasteiger charge is -2.11. The van der Waals surface area contributed by atoms with E-state index in [0.717, 1.165) is 0 Å². The van der Waals surface area contributed by atoms with Crippen LogP contribution in [0.5, 0.6) is 0 Å². The van der Waals surface area contributed by atoms with E-state index < -0.39 is 10.0 Å². The van der Waals surface area contributed by atoms with Crippen molar-refractivity contribution in [1.29, 1.82) is 0 Å². The fourth-order valence-electron chi connectivity index (χ4n) is 1.56. The molecule has 0 bridgehead atoms. The largest absolute Gasteiger partial charge is 0.380 e. The minimum Gasteiger partial charge on any atom is -0.380 e. The van der Waals surface area contributed by atoms with Crippen LogP contribution in [0.3, 0.4) is 0 Å². The third-order valence-corrected chi connectivity index (χ3v) is 4.71. The van der Waals surface area contributed by atoms with E-state index in [1.54, 1.807) is 0 Å². The Morgan fingerprint density at radius 3 is 2.65 bits per heavy atom. The molecule has 1 saturated heterocycles. The summed E-state index contributed by atoms with van der Waals surface area (Å²) in [5.41, 5.74) is 0. The zero-order valence-corrected chi connectivity index (χ0v) is 11.1. The van der Waals surface area contributed by atoms with E-state index in [-0.39, 0.29) is 16.0 Å². The summed E-state index contributed by atoms with van der Waals surface area (Å²) in [6.07, 6.45) is 0.681. The van der Waals surface area contributed by atoms with Gasteiger partial charge in [0.25, 0.3) is 0 Å². The molecule has 1 unspecified atom stereocenters. The van der Waals surface area contributed by atoms with E-state index in [1.165, 1.54) is 18.2 Å². The van der Waals surface area contributed by atoms with Gasteiger partial charge in [-0.1, -0.05) is 23.2 Å². The third kappa shape index (κ3) is 3.11. The second kappa shape index (κ2) is 5.12. The normalized spacial score (nSPS) is 20.7. The van der Waals surface area contributed by atoms with Gasteiger partial charge in [0.2, 0.25) is 10.0 Å². The zero-order valence-electron chi connectivity index (χ0n) is 8.82. The Hall–Kier alpha value is -0.330. The molecule has 0 amide bonds. The van der Waals surface area contributed by atoms with Crippen molar-refractivity contribution in [2.24, 2.45) is 0 Å². The first-order chi connectivity index (χ1) is 7.99. The van der Waals surface area contributed by atoms with E-state index in [4.69, 9.17) is 27.9 Å². The number of halogens is 2. The minimum absolute atomic E-state index is 0.110. The average Bonchev–Trinajstić information content (AvgIpc) is 2.73. The molecule has 1 fully saturated rings. The maximum atomic E-state index is 12.0. The van der Waals surface area contributed by atoms with Gasteiger partial charge in [-0.3, -0.25) is 0 Å². The minimum atomic E-state index is -3.56. The molecule has 1 aromatic rings. The van der Waals surface area contributed by atoms with Gasteiger partial charge < -0.3 is 4.74 Å². The van der Waals surface area contributed by atoms with Crippen molar-refractivity contribution < 1.29 is 13.2 Å². The van der Waals surface area contributed by atoms with Gasteiger partial charge in [-0.25, -0.2) is 13.1 Å². The van der Waals surface area contributed by atoms with Gasteiger partial charge in [-0.15, -0.1) is 0 Å². The average molecular weight is 296 g/mol. The van der Waals surface area contributed by atoms with Crippen LogP contribution in [-0.4, -0.2) is 27.7 Å². The van der Waals surface area contributed by atoms with Gasteiger partial charge in [0, 0.05) is 12.6 Å². The number of benzene rings is 1. The van der Waals surface area contributed by atoms with Crippen LogP contribution in [0.4, 0.5) is 0 Å². The molecule has 0 aliphatic carbocycles. The Morgan fingerprint density at radius 1 is 1.29 bits per heavy atom. The molecule has 0 spiro atoms. The third-order valence-electron chi connectivity index (χ3n) is 2.45. The topological polar surface area (TPSA) is 55.4 Å². The van der Waals surface area contributed by atoms with Crippen molar-refractivity contribution >= 4 is 33.2 Å². The standard InChI is InChI=1S/C10H11Cl2NO3S/c11-9-2-1-8(5-10(9)12)17(14,15)13-7-3-4-16-6-7/h1-2,5,7,13H,3-4,6H2. The van der Waals surface area contributed by atoms with Crippen LogP contribution in [0.25, 0.3) is 0 Å². The highest BCUT2D eigenvalue weighted by Gasteiger charge is 2.23. The van der Waals surface area contributed by atoms with Gasteiger partial charge >= 0.3 is 0 Å². The molecule has 94 valence electrons. The summed E-state index contributed by atoms with van der Waals surface area (Å²) >= 11 is 11.5. The quantitative estimate of drug-likeness (QED) is 0.929. The Bertz CT molecular complexity index is 512. The Morgan fingerprint density at radius 2 is 2.06 bits per heavy atom. The molecule has 1 aliphatic rings. The van der Waals surface area contributed by atoms with Crippen LogP contribution < -0.4 is 4.72 Å². The Balaban J connectivity index is 2.21. The predicted molar refractivity (Wildman–Crippen MR) is 66.0 cm³/mol. The molecule has 1 aromatic carbocycles. The van der Waals surface area contributed by atoms with Crippen molar-refractivity contribution in [1.82, 2.24) is 4.72 Å². The Labute approximate surface area is 110 Å². The second-order valence-corrected chi connectivity index (χ2v) is 6.29. The van der Waals surface area contributed by atoms with Crippen molar-refractivity contribution in [2.75, 3.05) is 13.2 Å². The molecule has 0 radical (unpaired) electrons. The molecule has 4 nitrogen and oxygen atoms in total. The van der Waals surface area contributed by atoms with E-state index >= 15 is 0 Å². The van der Waals surface area contributed by atoms with E-state index in [2.05, 4.69) is 4.72 Å². The summed E-state index contributed by atoms with van der Waals surface area (Å²) in [4.78, 5) is 0.110. The fraction of sp³-hybridized carbons (Fsp3) is 0.400. The van der Waals surface area contributed by atoms with Gasteiger partial charge in [-0.05, 0) is 24.6 Å². The molecule has 1 atom stereocenters. The summed E-state index contributed by atoms with van der Waals surface area (Å²) in [6, 6.07) is 4.05. The number of rotatable bonds is 3. The number of hydrogen-bond donors (Lipinski definition) is 1. The predicted octanol–water partition coefficient (Wildman–Crippen LogP) is 2.06. The monoisotopic (exact) mass is 295 g/mol. The summed E-state index contributed by atoms with van der Waals surface area (Å²) in [5.74, 6) is 0. The summed E-state index contributed by atoms with van der Waals surface area (Å²) in [6.45, 7) is 0.981. The molecule has 17 heavy (non-hydrogen) atoms. The molecule has 1 heterocycles. The lowest BCUT2D eigenvalue weighted by Crippen LogP contribution is -2.34. The lowest BCUT2D eigenvalue weighted by molar-refractivity contribution is 0.192. The number of hydrogen-bond acceptors (Lipinski definition) is 3. The fourth-order valence-corrected chi connectivity index (χ4v) is 3.20. The molecular formula is C10H11Cl2NO3S. The zero-order chi connectivity index (χ0) is 12.5. The van der Waals surface area contributed by atoms with Crippen LogP contribution in [0.1, 0.15) is 6.42 Å². The molecule has 2 rings (SSSR count). The van der Waals surface area contributed by atoms with Crippen molar-refractivity contribution in [3.8, 4) is 0 Å². The molecule has 0 saturated carbocycles. The highest BCUT2D eigenvalue weighted by Crippen LogP contribution is 2.25. The van der Waals surface area contributed by atoms with Crippen LogP contribution in [0, 0.1) is 0 Å². The number of ether oxygens (including phenoxy) is 1. The Kier molecular flexibility index (Phi) is 3.95. The molecule has 7 heteroatoms. The van der Waals surface area contributed by atoms with E-state index in [0.29, 0.717) is 24.7 Å². The first-order valence-corrected chi connectivity index (χ1v) is 7.28. The smallest absolute Gasteiger partial charge is 0.240 e. The van der Waals surface area contributed by atoms with Crippen LogP contribution >= 0.6 is 23.2 Å². The van der Waals surface area contributed by atoms with Crippen LogP contribution in [-0.2, 0) is 14.8 Å². The first kappa shape index (κ1) is 13.1. The first-order valence-electron chi connectivity index (χ1n) is 5.04. The maximum Gasteiger partial charge on any atom is 0.240 e. The molecule has 0 aromatic heterocycles. The van der Waals surface area contributed by atoms with Crippen LogP contribution in [0.15, 0.2) is 23.1 Å². The second-order valence-electron chi connectivity index (χ2n) is 3.76. The van der Waals surface area contributed by atoms with E-state index in [1.807, 2.05) is 0 Å². The van der Waals surface area contributed by atoms with E-state index in [9.17, 15) is 8.42 Å². The van der Waals surface area contributed by atoms with Crippen molar-refractivity contribution in [3.63, 3.8) is 0 Å². The van der Waals surface area contributed by atoms with Crippen molar-refractivity contribution in [2.45, 2.75) is 17.4 Å². The summed E-state index contributed by atoms with van der Waals surface area (Å²) < 4.78 is 31.6. The van der Waals surface area contributed by atoms with Crippen molar-refractivity contribution in [3.05, 3.63) is 28.2 Å². The molecule has 1 N–H and O–H groups in total. The number of sulfonamides is 1. The highest BCUT2D eigenvalue weighted by molar-refractivity contribution is 7.89. The summed E-state index contributed by atoms with van der Waals surface area (Å²) in [5, 5.41) is 0.548. The van der Waals surface area contributed by atoms with Gasteiger partial charge in [0.15, 0.2) is 0 Å². The van der Waals surface area contributed by atoms with Crippen LogP contribution in [0.2, 0.25) is 10.0 Å². The number of nitrogens with one attached hydrogen (secondary N) is 1. The molecule has 1 aliphatic heterocycles. The summed E-state index contributed by atoms with van der Waals surface area (Å²) in [7, 11) is -3.56. The van der Waals surface area contributed by atoms with Gasteiger partial charge in [-0.2, -0.15) is 0 Å². The van der Waals surface area contributed by atoms with Gasteiger partial charge in [0.1, 0.15) is 0 Å².